The van der Waals surface area contributed by atoms with Gasteiger partial charge in [-0.15, -0.1) is 0 Å². The van der Waals surface area contributed by atoms with E-state index in [0.717, 1.165) is 5.56 Å². The summed E-state index contributed by atoms with van der Waals surface area (Å²) >= 11 is 0. The van der Waals surface area contributed by atoms with Crippen LogP contribution in [0.4, 0.5) is 10.5 Å². The summed E-state index contributed by atoms with van der Waals surface area (Å²) in [7, 11) is 0. The van der Waals surface area contributed by atoms with Crippen LogP contribution < -0.4 is 11.1 Å². The lowest BCUT2D eigenvalue weighted by molar-refractivity contribution is 0.0997. The molecule has 1 aliphatic rings. The minimum absolute atomic E-state index is 0.129. The Hall–Kier alpha value is -4.56. The lowest BCUT2D eigenvalue weighted by Crippen LogP contribution is -2.41. The standard InChI is InChI=1S/C23H18N6O2/c24-12-15-5-4-8-17(11-15)27-23(31)28-9-10-29-19(14-28)20(22(26)30)18(13-25)21(29)16-6-2-1-3-7-16/h1-8,11H,9-10,14H2,(H2,26,30)(H,27,31). The number of urea groups is 1. The fourth-order valence-corrected chi connectivity index (χ4v) is 3.87. The second kappa shape index (κ2) is 8.05. The van der Waals surface area contributed by atoms with Gasteiger partial charge in [0.1, 0.15) is 6.07 Å². The van der Waals surface area contributed by atoms with Crippen LogP contribution in [-0.4, -0.2) is 28.0 Å². The number of fused-ring (bicyclic) bond motifs is 1. The molecule has 0 atom stereocenters. The fraction of sp³-hybridized carbons (Fsp3) is 0.130. The topological polar surface area (TPSA) is 128 Å². The molecule has 8 heteroatoms. The smallest absolute Gasteiger partial charge is 0.322 e. The third-order valence-electron chi connectivity index (χ3n) is 5.24. The Morgan fingerprint density at radius 2 is 1.77 bits per heavy atom. The van der Waals surface area contributed by atoms with E-state index in [0.29, 0.717) is 35.7 Å². The van der Waals surface area contributed by atoms with E-state index in [1.807, 2.05) is 41.0 Å². The average molecular weight is 410 g/mol. The number of hydrogen-bond acceptors (Lipinski definition) is 4. The zero-order valence-corrected chi connectivity index (χ0v) is 16.5. The normalized spacial score (nSPS) is 12.4. The van der Waals surface area contributed by atoms with Gasteiger partial charge >= 0.3 is 6.03 Å². The Morgan fingerprint density at radius 1 is 1.00 bits per heavy atom. The molecular formula is C23H18N6O2. The summed E-state index contributed by atoms with van der Waals surface area (Å²) in [6, 6.07) is 19.7. The predicted molar refractivity (Wildman–Crippen MR) is 114 cm³/mol. The Kier molecular flexibility index (Phi) is 5.13. The highest BCUT2D eigenvalue weighted by molar-refractivity contribution is 6.00. The summed E-state index contributed by atoms with van der Waals surface area (Å²) in [6.45, 7) is 0.922. The minimum atomic E-state index is -0.702. The second-order valence-electron chi connectivity index (χ2n) is 7.08. The number of primary amides is 1. The number of carbonyl (C=O) groups excluding carboxylic acids is 2. The Labute approximate surface area is 178 Å². The molecule has 31 heavy (non-hydrogen) atoms. The molecule has 0 fully saturated rings. The van der Waals surface area contributed by atoms with E-state index in [4.69, 9.17) is 11.0 Å². The highest BCUT2D eigenvalue weighted by Gasteiger charge is 2.32. The van der Waals surface area contributed by atoms with Crippen molar-refractivity contribution in [2.24, 2.45) is 5.73 Å². The number of nitrogens with zero attached hydrogens (tertiary/aromatic N) is 4. The number of nitrogens with one attached hydrogen (secondary N) is 1. The van der Waals surface area contributed by atoms with Crippen LogP contribution in [-0.2, 0) is 13.1 Å². The molecule has 3 aromatic rings. The largest absolute Gasteiger partial charge is 0.366 e. The highest BCUT2D eigenvalue weighted by Crippen LogP contribution is 2.34. The van der Waals surface area contributed by atoms with Crippen molar-refractivity contribution in [3.63, 3.8) is 0 Å². The Balaban J connectivity index is 1.70. The van der Waals surface area contributed by atoms with Crippen LogP contribution >= 0.6 is 0 Å². The molecule has 0 saturated heterocycles. The molecule has 2 heterocycles. The lowest BCUT2D eigenvalue weighted by Gasteiger charge is -2.30. The summed E-state index contributed by atoms with van der Waals surface area (Å²) in [5.41, 5.74) is 8.91. The quantitative estimate of drug-likeness (QED) is 0.688. The van der Waals surface area contributed by atoms with Crippen LogP contribution in [0.15, 0.2) is 54.6 Å². The number of rotatable bonds is 3. The van der Waals surface area contributed by atoms with E-state index in [9.17, 15) is 14.9 Å². The van der Waals surface area contributed by atoms with E-state index in [1.165, 1.54) is 0 Å². The Morgan fingerprint density at radius 3 is 2.45 bits per heavy atom. The first-order valence-corrected chi connectivity index (χ1v) is 9.60. The summed E-state index contributed by atoms with van der Waals surface area (Å²) in [5, 5.41) is 21.6. The lowest BCUT2D eigenvalue weighted by atomic mass is 10.0. The van der Waals surface area contributed by atoms with E-state index < -0.39 is 5.91 Å². The van der Waals surface area contributed by atoms with Gasteiger partial charge in [0.25, 0.3) is 5.91 Å². The van der Waals surface area contributed by atoms with Crippen molar-refractivity contribution in [2.45, 2.75) is 13.1 Å². The molecule has 0 bridgehead atoms. The third kappa shape index (κ3) is 3.59. The predicted octanol–water partition coefficient (Wildman–Crippen LogP) is 3.05. The summed E-state index contributed by atoms with van der Waals surface area (Å²) in [6.07, 6.45) is 0. The number of benzene rings is 2. The summed E-state index contributed by atoms with van der Waals surface area (Å²) in [5.74, 6) is -0.702. The van der Waals surface area contributed by atoms with Crippen LogP contribution in [0.5, 0.6) is 0 Å². The Bertz CT molecular complexity index is 1260. The van der Waals surface area contributed by atoms with Crippen molar-refractivity contribution >= 4 is 17.6 Å². The van der Waals surface area contributed by atoms with E-state index in [1.54, 1.807) is 29.2 Å². The summed E-state index contributed by atoms with van der Waals surface area (Å²) < 4.78 is 1.90. The molecule has 1 aliphatic heterocycles. The molecule has 152 valence electrons. The van der Waals surface area contributed by atoms with Gasteiger partial charge in [0.05, 0.1) is 40.7 Å². The van der Waals surface area contributed by atoms with Gasteiger partial charge in [-0.3, -0.25) is 4.79 Å². The fourth-order valence-electron chi connectivity index (χ4n) is 3.87. The van der Waals surface area contributed by atoms with Gasteiger partial charge in [0.15, 0.2) is 0 Å². The number of hydrogen-bond donors (Lipinski definition) is 2. The number of amides is 3. The molecule has 3 N–H and O–H groups in total. The zero-order chi connectivity index (χ0) is 22.0. The molecular weight excluding hydrogens is 392 g/mol. The maximum atomic E-state index is 12.8. The van der Waals surface area contributed by atoms with Crippen molar-refractivity contribution in [3.8, 4) is 23.4 Å². The first-order valence-electron chi connectivity index (χ1n) is 9.60. The first kappa shape index (κ1) is 19.7. The first-order chi connectivity index (χ1) is 15.0. The third-order valence-corrected chi connectivity index (χ3v) is 5.24. The number of carbonyl (C=O) groups is 2. The molecule has 1 aromatic heterocycles. The van der Waals surface area contributed by atoms with Crippen LogP contribution in [0.2, 0.25) is 0 Å². The van der Waals surface area contributed by atoms with E-state index in [-0.39, 0.29) is 23.7 Å². The van der Waals surface area contributed by atoms with Crippen molar-refractivity contribution in [1.82, 2.24) is 9.47 Å². The molecule has 0 saturated carbocycles. The van der Waals surface area contributed by atoms with Crippen molar-refractivity contribution in [2.75, 3.05) is 11.9 Å². The minimum Gasteiger partial charge on any atom is -0.366 e. The van der Waals surface area contributed by atoms with Crippen molar-refractivity contribution < 1.29 is 9.59 Å². The molecule has 4 rings (SSSR count). The maximum Gasteiger partial charge on any atom is 0.322 e. The zero-order valence-electron chi connectivity index (χ0n) is 16.5. The molecule has 0 aliphatic carbocycles. The van der Waals surface area contributed by atoms with Gasteiger partial charge in [0.2, 0.25) is 0 Å². The molecule has 0 radical (unpaired) electrons. The van der Waals surface area contributed by atoms with Gasteiger partial charge < -0.3 is 20.5 Å². The molecule has 3 amide bonds. The van der Waals surface area contributed by atoms with Crippen LogP contribution in [0, 0.1) is 22.7 Å². The average Bonchev–Trinajstić information content (AvgIpc) is 3.13. The second-order valence-corrected chi connectivity index (χ2v) is 7.08. The van der Waals surface area contributed by atoms with Gasteiger partial charge in [-0.2, -0.15) is 10.5 Å². The van der Waals surface area contributed by atoms with Gasteiger partial charge in [-0.05, 0) is 23.8 Å². The highest BCUT2D eigenvalue weighted by atomic mass is 16.2. The molecule has 0 spiro atoms. The summed E-state index contributed by atoms with van der Waals surface area (Å²) in [4.78, 5) is 26.6. The number of nitrogens with two attached hydrogens (primary N) is 1. The van der Waals surface area contributed by atoms with Crippen molar-refractivity contribution in [1.29, 1.82) is 10.5 Å². The van der Waals surface area contributed by atoms with Gasteiger partial charge in [-0.1, -0.05) is 36.4 Å². The van der Waals surface area contributed by atoms with Crippen LogP contribution in [0.1, 0.15) is 27.2 Å². The molecule has 0 unspecified atom stereocenters. The number of nitriles is 2. The van der Waals surface area contributed by atoms with Gasteiger partial charge in [0, 0.05) is 18.8 Å². The van der Waals surface area contributed by atoms with E-state index in [2.05, 4.69) is 11.4 Å². The SMILES string of the molecule is N#Cc1cccc(NC(=O)N2CCn3c(c(C(N)=O)c(C#N)c3-c3ccccc3)C2)c1. The molecule has 2 aromatic carbocycles. The van der Waals surface area contributed by atoms with Crippen LogP contribution in [0.3, 0.4) is 0 Å². The van der Waals surface area contributed by atoms with Gasteiger partial charge in [-0.25, -0.2) is 4.79 Å². The van der Waals surface area contributed by atoms with E-state index >= 15 is 0 Å². The number of anilines is 1. The number of aromatic nitrogens is 1. The maximum absolute atomic E-state index is 12.8. The molecule has 8 nitrogen and oxygen atoms in total. The van der Waals surface area contributed by atoms with Crippen LogP contribution in [0.25, 0.3) is 11.3 Å². The van der Waals surface area contributed by atoms with Crippen molar-refractivity contribution in [3.05, 3.63) is 77.0 Å². The monoisotopic (exact) mass is 410 g/mol.